The Labute approximate surface area is 354 Å². The van der Waals surface area contributed by atoms with E-state index in [0.29, 0.717) is 12.8 Å². The monoisotopic (exact) mass is 804 g/mol. The smallest absolute Gasteiger partial charge is 0.322 e. The van der Waals surface area contributed by atoms with Crippen LogP contribution < -0.4 is 5.32 Å². The predicted octanol–water partition coefficient (Wildman–Crippen LogP) is 16.1. The van der Waals surface area contributed by atoms with E-state index in [1.165, 1.54) is 186 Å². The average molecular weight is 804 g/mol. The largest absolute Gasteiger partial charge is 0.480 e. The standard InChI is InChI=1S/C51H97NO5/c1-3-5-7-9-11-13-15-17-18-19-20-21-22-23-24-25-27-29-31-33-38-42-46-51(56)57-48(44-40-36-34-37-41-45-49(53)52-47-50(54)55)43-39-35-32-30-28-26-16-14-12-10-8-6-4-2/h30,32,48H,3-29,31,33-47H2,1-2H3,(H,52,53)(H,54,55)/b32-30-. The van der Waals surface area contributed by atoms with E-state index in [9.17, 15) is 14.4 Å². The summed E-state index contributed by atoms with van der Waals surface area (Å²) < 4.78 is 6.05. The molecule has 6 nitrogen and oxygen atoms in total. The highest BCUT2D eigenvalue weighted by atomic mass is 16.5. The van der Waals surface area contributed by atoms with Crippen LogP contribution >= 0.6 is 0 Å². The molecule has 0 saturated heterocycles. The molecule has 0 aromatic rings. The van der Waals surface area contributed by atoms with Gasteiger partial charge in [-0.3, -0.25) is 14.4 Å². The lowest BCUT2D eigenvalue weighted by Gasteiger charge is -2.18. The zero-order chi connectivity index (χ0) is 41.5. The quantitative estimate of drug-likeness (QED) is 0.0363. The maximum atomic E-state index is 12.8. The number of carboxylic acid groups (broad SMARTS) is 1. The van der Waals surface area contributed by atoms with Crippen molar-refractivity contribution >= 4 is 17.8 Å². The number of rotatable bonds is 47. The van der Waals surface area contributed by atoms with Crippen LogP contribution in [0.1, 0.15) is 284 Å². The molecule has 0 aliphatic rings. The van der Waals surface area contributed by atoms with Crippen LogP contribution in [0.5, 0.6) is 0 Å². The zero-order valence-electron chi connectivity index (χ0n) is 38.2. The summed E-state index contributed by atoms with van der Waals surface area (Å²) in [7, 11) is 0. The van der Waals surface area contributed by atoms with Crippen LogP contribution in [-0.4, -0.2) is 35.6 Å². The topological polar surface area (TPSA) is 92.7 Å². The van der Waals surface area contributed by atoms with Gasteiger partial charge in [-0.1, -0.05) is 225 Å². The second kappa shape index (κ2) is 46.8. The number of allylic oxidation sites excluding steroid dienone is 2. The Morgan fingerprint density at radius 3 is 1.19 bits per heavy atom. The third kappa shape index (κ3) is 46.7. The van der Waals surface area contributed by atoms with Gasteiger partial charge in [0.05, 0.1) is 0 Å². The zero-order valence-corrected chi connectivity index (χ0v) is 38.2. The van der Waals surface area contributed by atoms with Crippen LogP contribution in [0.15, 0.2) is 12.2 Å². The summed E-state index contributed by atoms with van der Waals surface area (Å²) in [5.74, 6) is -1.23. The molecule has 1 unspecified atom stereocenters. The summed E-state index contributed by atoms with van der Waals surface area (Å²) in [5.41, 5.74) is 0. The number of hydrogen-bond donors (Lipinski definition) is 2. The third-order valence-corrected chi connectivity index (χ3v) is 11.7. The molecule has 6 heteroatoms. The van der Waals surface area contributed by atoms with Gasteiger partial charge in [0, 0.05) is 12.8 Å². The van der Waals surface area contributed by atoms with Crippen molar-refractivity contribution < 1.29 is 24.2 Å². The normalized spacial score (nSPS) is 12.0. The molecule has 1 atom stereocenters. The maximum Gasteiger partial charge on any atom is 0.322 e. The van der Waals surface area contributed by atoms with Crippen LogP contribution in [0.2, 0.25) is 0 Å². The number of ether oxygens (including phenoxy) is 1. The minimum absolute atomic E-state index is 0.000112. The van der Waals surface area contributed by atoms with Gasteiger partial charge < -0.3 is 15.2 Å². The van der Waals surface area contributed by atoms with Crippen molar-refractivity contribution in [2.75, 3.05) is 6.54 Å². The lowest BCUT2D eigenvalue weighted by Crippen LogP contribution is -2.28. The van der Waals surface area contributed by atoms with Crippen molar-refractivity contribution in [3.05, 3.63) is 12.2 Å². The molecule has 336 valence electrons. The number of esters is 1. The summed E-state index contributed by atoms with van der Waals surface area (Å²) >= 11 is 0. The molecule has 0 spiro atoms. The first-order valence-corrected chi connectivity index (χ1v) is 25.3. The third-order valence-electron chi connectivity index (χ3n) is 11.7. The van der Waals surface area contributed by atoms with Crippen molar-refractivity contribution in [1.29, 1.82) is 0 Å². The van der Waals surface area contributed by atoms with Crippen molar-refractivity contribution in [1.82, 2.24) is 5.32 Å². The summed E-state index contributed by atoms with van der Waals surface area (Å²) in [4.78, 5) is 35.2. The molecule has 0 heterocycles. The minimum Gasteiger partial charge on any atom is -0.480 e. The molecule has 0 bridgehead atoms. The van der Waals surface area contributed by atoms with E-state index in [1.54, 1.807) is 0 Å². The molecule has 0 aromatic heterocycles. The highest BCUT2D eigenvalue weighted by Crippen LogP contribution is 2.19. The fourth-order valence-corrected chi connectivity index (χ4v) is 7.93. The first kappa shape index (κ1) is 55.2. The van der Waals surface area contributed by atoms with E-state index in [2.05, 4.69) is 31.3 Å². The van der Waals surface area contributed by atoms with E-state index in [0.717, 1.165) is 70.6 Å². The number of amides is 1. The van der Waals surface area contributed by atoms with E-state index in [-0.39, 0.29) is 24.5 Å². The first-order valence-electron chi connectivity index (χ1n) is 25.3. The number of hydrogen-bond acceptors (Lipinski definition) is 4. The van der Waals surface area contributed by atoms with Crippen LogP contribution in [0, 0.1) is 0 Å². The van der Waals surface area contributed by atoms with Gasteiger partial charge in [0.25, 0.3) is 0 Å². The second-order valence-corrected chi connectivity index (χ2v) is 17.4. The molecule has 2 N–H and O–H groups in total. The fraction of sp³-hybridized carbons (Fsp3) is 0.902. The molecule has 0 aliphatic carbocycles. The molecule has 0 aliphatic heterocycles. The number of carboxylic acids is 1. The van der Waals surface area contributed by atoms with Crippen molar-refractivity contribution in [2.45, 2.75) is 290 Å². The summed E-state index contributed by atoms with van der Waals surface area (Å²) in [6.45, 7) is 4.25. The second-order valence-electron chi connectivity index (χ2n) is 17.4. The van der Waals surface area contributed by atoms with E-state index < -0.39 is 5.97 Å². The lowest BCUT2D eigenvalue weighted by molar-refractivity contribution is -0.150. The first-order chi connectivity index (χ1) is 28.0. The van der Waals surface area contributed by atoms with Gasteiger partial charge in [-0.15, -0.1) is 0 Å². The maximum absolute atomic E-state index is 12.8. The van der Waals surface area contributed by atoms with Gasteiger partial charge in [-0.2, -0.15) is 0 Å². The number of carbonyl (C=O) groups is 3. The highest BCUT2D eigenvalue weighted by Gasteiger charge is 2.14. The van der Waals surface area contributed by atoms with Crippen LogP contribution in [0.4, 0.5) is 0 Å². The van der Waals surface area contributed by atoms with Crippen LogP contribution in [0.25, 0.3) is 0 Å². The number of aliphatic carboxylic acids is 1. The Bertz CT molecular complexity index is 889. The van der Waals surface area contributed by atoms with Crippen molar-refractivity contribution in [3.63, 3.8) is 0 Å². The molecule has 0 fully saturated rings. The number of nitrogens with one attached hydrogen (secondary N) is 1. The fourth-order valence-electron chi connectivity index (χ4n) is 7.93. The highest BCUT2D eigenvalue weighted by molar-refractivity contribution is 5.80. The molecule has 1 amide bonds. The average Bonchev–Trinajstić information content (AvgIpc) is 3.20. The summed E-state index contributed by atoms with van der Waals surface area (Å²) in [6, 6.07) is 0. The number of carbonyl (C=O) groups excluding carboxylic acids is 2. The van der Waals surface area contributed by atoms with Gasteiger partial charge in [0.15, 0.2) is 0 Å². The molecule has 0 radical (unpaired) electrons. The van der Waals surface area contributed by atoms with Gasteiger partial charge >= 0.3 is 11.9 Å². The van der Waals surface area contributed by atoms with Gasteiger partial charge in [0.1, 0.15) is 12.6 Å². The Hall–Kier alpha value is -1.85. The molecule has 0 saturated carbocycles. The van der Waals surface area contributed by atoms with Gasteiger partial charge in [-0.05, 0) is 57.8 Å². The van der Waals surface area contributed by atoms with Crippen molar-refractivity contribution in [2.24, 2.45) is 0 Å². The van der Waals surface area contributed by atoms with Crippen LogP contribution in [0.3, 0.4) is 0 Å². The Kier molecular flexibility index (Phi) is 45.3. The van der Waals surface area contributed by atoms with Gasteiger partial charge in [-0.25, -0.2) is 0 Å². The Balaban J connectivity index is 4.03. The molecular formula is C51H97NO5. The Morgan fingerprint density at radius 2 is 0.772 bits per heavy atom. The molecule has 0 rings (SSSR count). The summed E-state index contributed by atoms with van der Waals surface area (Å²) in [6.07, 6.45) is 56.5. The van der Waals surface area contributed by atoms with E-state index >= 15 is 0 Å². The van der Waals surface area contributed by atoms with E-state index in [1.807, 2.05) is 0 Å². The molecular weight excluding hydrogens is 707 g/mol. The Morgan fingerprint density at radius 1 is 0.439 bits per heavy atom. The van der Waals surface area contributed by atoms with E-state index in [4.69, 9.17) is 9.84 Å². The predicted molar refractivity (Wildman–Crippen MR) is 245 cm³/mol. The van der Waals surface area contributed by atoms with Gasteiger partial charge in [0.2, 0.25) is 5.91 Å². The number of unbranched alkanes of at least 4 members (excludes halogenated alkanes) is 34. The lowest BCUT2D eigenvalue weighted by atomic mass is 10.0. The van der Waals surface area contributed by atoms with Crippen LogP contribution in [-0.2, 0) is 19.1 Å². The minimum atomic E-state index is -1.01. The van der Waals surface area contributed by atoms with Crippen molar-refractivity contribution in [3.8, 4) is 0 Å². The molecule has 57 heavy (non-hydrogen) atoms. The summed E-state index contributed by atoms with van der Waals surface area (Å²) in [5, 5.41) is 11.1. The SMILES string of the molecule is CCCCCCCCCC/C=C\CCCC(CCCCCCCC(=O)NCC(=O)O)OC(=O)CCCCCCCCCCCCCCCCCCCCCCCC. The molecule has 0 aromatic carbocycles.